The van der Waals surface area contributed by atoms with Gasteiger partial charge in [0, 0.05) is 11.4 Å². The molecule has 11 heavy (non-hydrogen) atoms. The van der Waals surface area contributed by atoms with Crippen molar-refractivity contribution in [3.8, 4) is 0 Å². The van der Waals surface area contributed by atoms with Gasteiger partial charge in [-0.3, -0.25) is 0 Å². The molecule has 0 atom stereocenters. The first kappa shape index (κ1) is 11.9. The molecule has 0 unspecified atom stereocenters. The van der Waals surface area contributed by atoms with Crippen LogP contribution in [0, 0.1) is 0 Å². The van der Waals surface area contributed by atoms with Crippen molar-refractivity contribution in [1.29, 1.82) is 0 Å². The van der Waals surface area contributed by atoms with Crippen LogP contribution in [0.3, 0.4) is 0 Å². The first-order chi connectivity index (χ1) is 4.84. The van der Waals surface area contributed by atoms with Crippen molar-refractivity contribution < 1.29 is 0 Å². The number of rotatable bonds is 4. The van der Waals surface area contributed by atoms with Gasteiger partial charge in [0.1, 0.15) is 0 Å². The van der Waals surface area contributed by atoms with E-state index in [1.54, 1.807) is 0 Å². The Labute approximate surface area is 88.4 Å². The summed E-state index contributed by atoms with van der Waals surface area (Å²) in [5, 5.41) is 1.14. The molecule has 1 rings (SSSR count). The molecule has 0 aromatic rings. The van der Waals surface area contributed by atoms with Crippen molar-refractivity contribution >= 4 is 32.9 Å². The molecule has 0 bridgehead atoms. The Morgan fingerprint density at radius 1 is 1.45 bits per heavy atom. The van der Waals surface area contributed by atoms with Gasteiger partial charge in [0.05, 0.1) is 0 Å². The molecule has 1 saturated carbocycles. The van der Waals surface area contributed by atoms with Gasteiger partial charge in [-0.2, -0.15) is 0 Å². The molecule has 0 spiro atoms. The van der Waals surface area contributed by atoms with Crippen LogP contribution in [0.25, 0.3) is 0 Å². The van der Waals surface area contributed by atoms with E-state index < -0.39 is 0 Å². The summed E-state index contributed by atoms with van der Waals surface area (Å²) in [6, 6.07) is 0.916. The lowest BCUT2D eigenvalue weighted by Gasteiger charge is -2.34. The van der Waals surface area contributed by atoms with Crippen molar-refractivity contribution in [2.45, 2.75) is 31.7 Å². The van der Waals surface area contributed by atoms with Gasteiger partial charge in [0.2, 0.25) is 0 Å². The summed E-state index contributed by atoms with van der Waals surface area (Å²) < 4.78 is 0. The number of nitrogens with zero attached hydrogens (tertiary/aromatic N) is 1. The van der Waals surface area contributed by atoms with Gasteiger partial charge in [-0.15, -0.1) is 17.0 Å². The minimum Gasteiger partial charge on any atom is -0.303 e. The van der Waals surface area contributed by atoms with Crippen LogP contribution in [-0.4, -0.2) is 29.9 Å². The molecule has 0 heterocycles. The number of hydrogen-bond donors (Lipinski definition) is 0. The van der Waals surface area contributed by atoms with Crippen LogP contribution in [0.2, 0.25) is 0 Å². The lowest BCUT2D eigenvalue weighted by atomic mass is 9.92. The third-order valence-electron chi connectivity index (χ3n) is 2.34. The highest BCUT2D eigenvalue weighted by atomic mass is 79.9. The highest BCUT2D eigenvalue weighted by molar-refractivity contribution is 9.09. The summed E-state index contributed by atoms with van der Waals surface area (Å²) in [4.78, 5) is 2.49. The Morgan fingerprint density at radius 3 is 2.45 bits per heavy atom. The lowest BCUT2D eigenvalue weighted by molar-refractivity contribution is 0.160. The van der Waals surface area contributed by atoms with Gasteiger partial charge in [0.25, 0.3) is 0 Å². The molecule has 0 aliphatic heterocycles. The Hall–Kier alpha value is 0.920. The molecule has 1 nitrogen and oxygen atoms in total. The van der Waals surface area contributed by atoms with Crippen molar-refractivity contribution in [3.63, 3.8) is 0 Å². The van der Waals surface area contributed by atoms with E-state index in [4.69, 9.17) is 0 Å². The van der Waals surface area contributed by atoms with Gasteiger partial charge in [-0.1, -0.05) is 22.4 Å². The maximum atomic E-state index is 3.44. The van der Waals surface area contributed by atoms with Gasteiger partial charge in [-0.25, -0.2) is 0 Å². The number of alkyl halides is 1. The van der Waals surface area contributed by atoms with E-state index >= 15 is 0 Å². The second-order valence-electron chi connectivity index (χ2n) is 3.11. The maximum absolute atomic E-state index is 3.44. The molecular formula is C8H17Br2N. The van der Waals surface area contributed by atoms with Crippen molar-refractivity contribution in [2.75, 3.05) is 18.9 Å². The van der Waals surface area contributed by atoms with Crippen LogP contribution < -0.4 is 0 Å². The SMILES string of the molecule is Br.CN(CCCBr)C1CCC1. The molecule has 0 aromatic carbocycles. The van der Waals surface area contributed by atoms with E-state index in [0.717, 1.165) is 11.4 Å². The summed E-state index contributed by atoms with van der Waals surface area (Å²) in [6.07, 6.45) is 5.59. The van der Waals surface area contributed by atoms with Gasteiger partial charge < -0.3 is 4.90 Å². The zero-order valence-corrected chi connectivity index (χ0v) is 10.4. The molecule has 0 radical (unpaired) electrons. The molecule has 1 aliphatic rings. The van der Waals surface area contributed by atoms with E-state index in [2.05, 4.69) is 27.9 Å². The minimum atomic E-state index is 0. The average molecular weight is 287 g/mol. The Morgan fingerprint density at radius 2 is 2.09 bits per heavy atom. The standard InChI is InChI=1S/C8H16BrN.BrH/c1-10(7-3-6-9)8-4-2-5-8;/h8H,2-7H2,1H3;1H. The second kappa shape index (κ2) is 6.44. The Balaban J connectivity index is 0.000001000. The highest BCUT2D eigenvalue weighted by Crippen LogP contribution is 2.23. The van der Waals surface area contributed by atoms with Crippen LogP contribution >= 0.6 is 32.9 Å². The van der Waals surface area contributed by atoms with Gasteiger partial charge in [0.15, 0.2) is 0 Å². The summed E-state index contributed by atoms with van der Waals surface area (Å²) in [5.74, 6) is 0. The largest absolute Gasteiger partial charge is 0.303 e. The fourth-order valence-corrected chi connectivity index (χ4v) is 1.57. The summed E-state index contributed by atoms with van der Waals surface area (Å²) in [7, 11) is 2.24. The van der Waals surface area contributed by atoms with Crippen LogP contribution in [0.4, 0.5) is 0 Å². The summed E-state index contributed by atoms with van der Waals surface area (Å²) in [5.41, 5.74) is 0. The first-order valence-electron chi connectivity index (χ1n) is 4.11. The maximum Gasteiger partial charge on any atom is 0.00922 e. The van der Waals surface area contributed by atoms with E-state index in [0.29, 0.717) is 0 Å². The monoisotopic (exact) mass is 285 g/mol. The number of halogens is 2. The van der Waals surface area contributed by atoms with Crippen molar-refractivity contribution in [1.82, 2.24) is 4.90 Å². The summed E-state index contributed by atoms with van der Waals surface area (Å²) in [6.45, 7) is 1.26. The zero-order chi connectivity index (χ0) is 7.40. The minimum absolute atomic E-state index is 0. The van der Waals surface area contributed by atoms with E-state index in [1.807, 2.05) is 0 Å². The molecular weight excluding hydrogens is 270 g/mol. The van der Waals surface area contributed by atoms with E-state index in [-0.39, 0.29) is 17.0 Å². The lowest BCUT2D eigenvalue weighted by Crippen LogP contribution is -2.37. The van der Waals surface area contributed by atoms with Crippen molar-refractivity contribution in [2.24, 2.45) is 0 Å². The Kier molecular flexibility index (Phi) is 6.98. The summed E-state index contributed by atoms with van der Waals surface area (Å²) >= 11 is 3.44. The van der Waals surface area contributed by atoms with E-state index in [1.165, 1.54) is 32.2 Å². The normalized spacial score (nSPS) is 17.7. The molecule has 0 aromatic heterocycles. The van der Waals surface area contributed by atoms with Crippen LogP contribution in [0.1, 0.15) is 25.7 Å². The molecule has 0 amide bonds. The molecule has 68 valence electrons. The van der Waals surface area contributed by atoms with E-state index in [9.17, 15) is 0 Å². The zero-order valence-electron chi connectivity index (χ0n) is 7.05. The smallest absolute Gasteiger partial charge is 0.00922 e. The van der Waals surface area contributed by atoms with Crippen molar-refractivity contribution in [3.05, 3.63) is 0 Å². The predicted octanol–water partition coefficient (Wildman–Crippen LogP) is 2.83. The third kappa shape index (κ3) is 3.90. The highest BCUT2D eigenvalue weighted by Gasteiger charge is 2.20. The molecule has 1 aliphatic carbocycles. The average Bonchev–Trinajstić information content (AvgIpc) is 1.79. The number of hydrogen-bond acceptors (Lipinski definition) is 1. The fourth-order valence-electron chi connectivity index (χ4n) is 1.32. The second-order valence-corrected chi connectivity index (χ2v) is 3.90. The third-order valence-corrected chi connectivity index (χ3v) is 2.90. The van der Waals surface area contributed by atoms with Gasteiger partial charge >= 0.3 is 0 Å². The topological polar surface area (TPSA) is 3.24 Å². The molecule has 1 fully saturated rings. The predicted molar refractivity (Wildman–Crippen MR) is 59.0 cm³/mol. The van der Waals surface area contributed by atoms with Crippen LogP contribution in [0.15, 0.2) is 0 Å². The molecule has 0 saturated heterocycles. The molecule has 3 heteroatoms. The first-order valence-corrected chi connectivity index (χ1v) is 5.23. The quantitative estimate of drug-likeness (QED) is 0.719. The molecule has 0 N–H and O–H groups in total. The van der Waals surface area contributed by atoms with Crippen LogP contribution in [0.5, 0.6) is 0 Å². The van der Waals surface area contributed by atoms with Gasteiger partial charge in [-0.05, 0) is 32.9 Å². The fraction of sp³-hybridized carbons (Fsp3) is 1.00. The van der Waals surface area contributed by atoms with Crippen LogP contribution in [-0.2, 0) is 0 Å². The Bertz CT molecular complexity index is 94.1.